The van der Waals surface area contributed by atoms with Crippen molar-refractivity contribution in [3.05, 3.63) is 29.8 Å². The number of hydrogen-bond acceptors (Lipinski definition) is 4. The summed E-state index contributed by atoms with van der Waals surface area (Å²) in [6.07, 6.45) is 1.94. The maximum atomic E-state index is 12.9. The van der Waals surface area contributed by atoms with E-state index < -0.39 is 5.41 Å². The number of anilines is 1. The van der Waals surface area contributed by atoms with E-state index in [4.69, 9.17) is 10.8 Å². The van der Waals surface area contributed by atoms with E-state index in [-0.39, 0.29) is 25.0 Å². The quantitative estimate of drug-likeness (QED) is 0.635. The van der Waals surface area contributed by atoms with E-state index in [9.17, 15) is 9.59 Å². The van der Waals surface area contributed by atoms with Gasteiger partial charge in [-0.15, -0.1) is 0 Å². The lowest BCUT2D eigenvalue weighted by molar-refractivity contribution is -0.153. The smallest absolute Gasteiger partial charge is 0.239 e. The Bertz CT molecular complexity index is 527. The van der Waals surface area contributed by atoms with E-state index >= 15 is 0 Å². The van der Waals surface area contributed by atoms with Gasteiger partial charge < -0.3 is 10.8 Å². The van der Waals surface area contributed by atoms with Crippen LogP contribution in [-0.4, -0.2) is 35.0 Å². The molecule has 0 radical (unpaired) electrons. The number of benzene rings is 1. The first kappa shape index (κ1) is 15.5. The molecule has 3 N–H and O–H groups in total. The highest BCUT2D eigenvalue weighted by molar-refractivity contribution is 6.03. The van der Waals surface area contributed by atoms with Gasteiger partial charge in [0.2, 0.25) is 11.8 Å². The standard InChI is InChI=1S/C16H22N2O3/c1-2-16(12-4-6-13(17)7-5-12)9-8-14(20)18(15(16)21)10-3-11-19/h4-7,19H,2-3,8-11,17H2,1H3. The number of carbonyl (C=O) groups excluding carboxylic acids is 2. The minimum Gasteiger partial charge on any atom is -0.399 e. The number of amides is 2. The second-order valence-electron chi connectivity index (χ2n) is 5.49. The Balaban J connectivity index is 2.35. The molecule has 0 aromatic heterocycles. The molecule has 114 valence electrons. The molecule has 1 aliphatic heterocycles. The Morgan fingerprint density at radius 2 is 1.95 bits per heavy atom. The molecule has 0 bridgehead atoms. The van der Waals surface area contributed by atoms with Crippen molar-refractivity contribution in [2.45, 2.75) is 38.0 Å². The largest absolute Gasteiger partial charge is 0.399 e. The number of imide groups is 1. The number of piperidine rings is 1. The van der Waals surface area contributed by atoms with Gasteiger partial charge in [0.25, 0.3) is 0 Å². The van der Waals surface area contributed by atoms with Crippen LogP contribution in [0.3, 0.4) is 0 Å². The van der Waals surface area contributed by atoms with E-state index in [1.807, 2.05) is 19.1 Å². The predicted octanol–water partition coefficient (Wildman–Crippen LogP) is 1.45. The molecule has 2 rings (SSSR count). The van der Waals surface area contributed by atoms with Crippen molar-refractivity contribution in [3.63, 3.8) is 0 Å². The van der Waals surface area contributed by atoms with Crippen LogP contribution >= 0.6 is 0 Å². The van der Waals surface area contributed by atoms with Gasteiger partial charge in [-0.3, -0.25) is 14.5 Å². The molecule has 1 heterocycles. The van der Waals surface area contributed by atoms with Crippen LogP contribution in [0, 0.1) is 0 Å². The molecular formula is C16H22N2O3. The van der Waals surface area contributed by atoms with Crippen LogP contribution in [0.4, 0.5) is 5.69 Å². The molecule has 0 aliphatic carbocycles. The zero-order valence-corrected chi connectivity index (χ0v) is 12.3. The monoisotopic (exact) mass is 290 g/mol. The van der Waals surface area contributed by atoms with Crippen LogP contribution < -0.4 is 5.73 Å². The average Bonchev–Trinajstić information content (AvgIpc) is 2.49. The van der Waals surface area contributed by atoms with Crippen molar-refractivity contribution in [1.82, 2.24) is 4.90 Å². The van der Waals surface area contributed by atoms with Crippen LogP contribution in [-0.2, 0) is 15.0 Å². The second-order valence-corrected chi connectivity index (χ2v) is 5.49. The number of nitrogens with zero attached hydrogens (tertiary/aromatic N) is 1. The Morgan fingerprint density at radius 1 is 1.29 bits per heavy atom. The minimum atomic E-state index is -0.656. The number of rotatable bonds is 5. The van der Waals surface area contributed by atoms with Gasteiger partial charge >= 0.3 is 0 Å². The molecule has 1 saturated heterocycles. The third-order valence-corrected chi connectivity index (χ3v) is 4.33. The minimum absolute atomic E-state index is 0.0297. The lowest BCUT2D eigenvalue weighted by atomic mass is 9.71. The van der Waals surface area contributed by atoms with Gasteiger partial charge in [-0.05, 0) is 37.0 Å². The molecule has 1 aromatic rings. The Kier molecular flexibility index (Phi) is 4.63. The molecule has 1 aromatic carbocycles. The molecule has 5 heteroatoms. The van der Waals surface area contributed by atoms with E-state index in [0.29, 0.717) is 31.4 Å². The number of carbonyl (C=O) groups is 2. The van der Waals surface area contributed by atoms with E-state index in [2.05, 4.69) is 0 Å². The first-order valence-corrected chi connectivity index (χ1v) is 7.37. The van der Waals surface area contributed by atoms with Crippen LogP contribution in [0.5, 0.6) is 0 Å². The normalized spacial score (nSPS) is 22.7. The second kappa shape index (κ2) is 6.26. The number of aliphatic hydroxyl groups is 1. The molecule has 1 aliphatic rings. The summed E-state index contributed by atoms with van der Waals surface area (Å²) in [6.45, 7) is 2.22. The Morgan fingerprint density at radius 3 is 2.52 bits per heavy atom. The fourth-order valence-corrected chi connectivity index (χ4v) is 2.99. The molecule has 1 unspecified atom stereocenters. The van der Waals surface area contributed by atoms with Gasteiger partial charge in [0.1, 0.15) is 0 Å². The third-order valence-electron chi connectivity index (χ3n) is 4.33. The van der Waals surface area contributed by atoms with Gasteiger partial charge in [0.05, 0.1) is 5.41 Å². The zero-order chi connectivity index (χ0) is 15.5. The summed E-state index contributed by atoms with van der Waals surface area (Å²) in [7, 11) is 0. The molecule has 21 heavy (non-hydrogen) atoms. The van der Waals surface area contributed by atoms with Crippen molar-refractivity contribution in [2.75, 3.05) is 18.9 Å². The SMILES string of the molecule is CCC1(c2ccc(N)cc2)CCC(=O)N(CCCO)C1=O. The number of likely N-dealkylation sites (tertiary alicyclic amines) is 1. The molecule has 0 saturated carbocycles. The van der Waals surface area contributed by atoms with Gasteiger partial charge in [-0.25, -0.2) is 0 Å². The summed E-state index contributed by atoms with van der Waals surface area (Å²) < 4.78 is 0. The van der Waals surface area contributed by atoms with Crippen molar-refractivity contribution >= 4 is 17.5 Å². The fourth-order valence-electron chi connectivity index (χ4n) is 2.99. The topological polar surface area (TPSA) is 83.6 Å². The summed E-state index contributed by atoms with van der Waals surface area (Å²) >= 11 is 0. The number of hydrogen-bond donors (Lipinski definition) is 2. The predicted molar refractivity (Wildman–Crippen MR) is 80.5 cm³/mol. The summed E-state index contributed by atoms with van der Waals surface area (Å²) in [5, 5.41) is 8.94. The highest BCUT2D eigenvalue weighted by atomic mass is 16.3. The third kappa shape index (κ3) is 2.78. The lowest BCUT2D eigenvalue weighted by Gasteiger charge is -2.40. The highest BCUT2D eigenvalue weighted by Gasteiger charge is 2.46. The molecule has 1 atom stereocenters. The maximum Gasteiger partial charge on any atom is 0.239 e. The number of nitrogen functional groups attached to an aromatic ring is 1. The maximum absolute atomic E-state index is 12.9. The molecule has 2 amide bonds. The van der Waals surface area contributed by atoms with Gasteiger partial charge in [0, 0.05) is 25.3 Å². The van der Waals surface area contributed by atoms with E-state index in [1.54, 1.807) is 12.1 Å². The number of nitrogens with two attached hydrogens (primary N) is 1. The van der Waals surface area contributed by atoms with Crippen molar-refractivity contribution in [1.29, 1.82) is 0 Å². The molecular weight excluding hydrogens is 268 g/mol. The van der Waals surface area contributed by atoms with Crippen LogP contribution in [0.1, 0.15) is 38.2 Å². The van der Waals surface area contributed by atoms with Gasteiger partial charge in [-0.1, -0.05) is 19.1 Å². The fraction of sp³-hybridized carbons (Fsp3) is 0.500. The highest BCUT2D eigenvalue weighted by Crippen LogP contribution is 2.39. The lowest BCUT2D eigenvalue weighted by Crippen LogP contribution is -2.54. The van der Waals surface area contributed by atoms with E-state index in [1.165, 1.54) is 4.90 Å². The van der Waals surface area contributed by atoms with Crippen LogP contribution in [0.25, 0.3) is 0 Å². The summed E-state index contributed by atoms with van der Waals surface area (Å²) in [5.74, 6) is -0.299. The van der Waals surface area contributed by atoms with Crippen LogP contribution in [0.2, 0.25) is 0 Å². The van der Waals surface area contributed by atoms with Crippen molar-refractivity contribution in [2.24, 2.45) is 0 Å². The van der Waals surface area contributed by atoms with Crippen molar-refractivity contribution in [3.8, 4) is 0 Å². The summed E-state index contributed by atoms with van der Waals surface area (Å²) in [5.41, 5.74) is 6.62. The first-order valence-electron chi connectivity index (χ1n) is 7.37. The van der Waals surface area contributed by atoms with Gasteiger partial charge in [0.15, 0.2) is 0 Å². The summed E-state index contributed by atoms with van der Waals surface area (Å²) in [6, 6.07) is 7.32. The first-order chi connectivity index (χ1) is 10.0. The Hall–Kier alpha value is -1.88. The molecule has 0 spiro atoms. The van der Waals surface area contributed by atoms with Crippen molar-refractivity contribution < 1.29 is 14.7 Å². The van der Waals surface area contributed by atoms with E-state index in [0.717, 1.165) is 5.56 Å². The Labute approximate surface area is 124 Å². The number of aliphatic hydroxyl groups excluding tert-OH is 1. The zero-order valence-electron chi connectivity index (χ0n) is 12.3. The average molecular weight is 290 g/mol. The molecule has 5 nitrogen and oxygen atoms in total. The van der Waals surface area contributed by atoms with Gasteiger partial charge in [-0.2, -0.15) is 0 Å². The molecule has 1 fully saturated rings. The summed E-state index contributed by atoms with van der Waals surface area (Å²) in [4.78, 5) is 26.2. The van der Waals surface area contributed by atoms with Crippen LogP contribution in [0.15, 0.2) is 24.3 Å².